The molecule has 198 valence electrons. The van der Waals surface area contributed by atoms with Crippen LogP contribution in [0.4, 0.5) is 0 Å². The highest BCUT2D eigenvalue weighted by Gasteiger charge is 2.32. The first kappa shape index (κ1) is 23.9. The second-order valence-electron chi connectivity index (χ2n) is 10.5. The summed E-state index contributed by atoms with van der Waals surface area (Å²) in [4.78, 5) is 33.9. The summed E-state index contributed by atoms with van der Waals surface area (Å²) in [6.07, 6.45) is 13.5. The number of carbonyl (C=O) groups excluding carboxylic acids is 1. The highest BCUT2D eigenvalue weighted by atomic mass is 35.5. The van der Waals surface area contributed by atoms with Gasteiger partial charge in [-0.25, -0.2) is 9.97 Å². The Bertz CT molecular complexity index is 1760. The quantitative estimate of drug-likeness (QED) is 0.288. The molecule has 5 heterocycles. The van der Waals surface area contributed by atoms with Gasteiger partial charge in [0.25, 0.3) is 5.91 Å². The van der Waals surface area contributed by atoms with Crippen LogP contribution in [0.5, 0.6) is 0 Å². The lowest BCUT2D eigenvalue weighted by Crippen LogP contribution is -2.23. The summed E-state index contributed by atoms with van der Waals surface area (Å²) in [6.45, 7) is 0.650. The summed E-state index contributed by atoms with van der Waals surface area (Å²) >= 11 is 6.15. The third-order valence-electron chi connectivity index (χ3n) is 7.41. The third kappa shape index (κ3) is 4.76. The van der Waals surface area contributed by atoms with E-state index in [1.807, 2.05) is 33.3 Å². The van der Waals surface area contributed by atoms with E-state index in [-0.39, 0.29) is 24.8 Å². The molecule has 2 N–H and O–H groups in total. The first-order valence-electron chi connectivity index (χ1n) is 13.1. The largest absolute Gasteiger partial charge is 0.481 e. The number of imidazole rings is 2. The second kappa shape index (κ2) is 9.23. The number of carboxylic acid groups (broad SMARTS) is 1. The Kier molecular flexibility index (Phi) is 5.66. The topological polar surface area (TPSA) is 119 Å². The molecule has 10 nitrogen and oxygen atoms in total. The number of aliphatic carboxylic acids is 1. The van der Waals surface area contributed by atoms with Crippen molar-refractivity contribution in [1.82, 2.24) is 33.9 Å². The Hall–Kier alpha value is -4.18. The van der Waals surface area contributed by atoms with Crippen molar-refractivity contribution in [2.45, 2.75) is 57.0 Å². The maximum Gasteiger partial charge on any atom is 0.307 e. The molecule has 5 aromatic heterocycles. The molecule has 2 aliphatic rings. The molecule has 0 spiro atoms. The number of aromatic nitrogens is 6. The molecule has 0 bridgehead atoms. The fourth-order valence-corrected chi connectivity index (χ4v) is 5.34. The number of hydrogen-bond acceptors (Lipinski definition) is 5. The Morgan fingerprint density at radius 2 is 1.90 bits per heavy atom. The predicted octanol–water partition coefficient (Wildman–Crippen LogP) is 4.19. The monoisotopic (exact) mass is 543 g/mol. The van der Waals surface area contributed by atoms with E-state index in [2.05, 4.69) is 16.5 Å². The standard InChI is InChI=1S/C28H26ClN7O3/c29-20-5-6-34-15-31-23(24(34)9-20)10-30-28(39)22-14-36(33-26(22)17-3-4-17)13-21-12-35-11-19(16-1-2-16)7-18(8-25(37)38)27(35)32-21/h5-7,9,11-12,14-17H,1-4,8,10,13H2,(H,30,39)(H,37,38). The van der Waals surface area contributed by atoms with Gasteiger partial charge in [-0.1, -0.05) is 11.6 Å². The van der Waals surface area contributed by atoms with Crippen molar-refractivity contribution in [1.29, 1.82) is 0 Å². The molecular formula is C28H26ClN7O3. The number of nitrogens with zero attached hydrogens (tertiary/aromatic N) is 6. The number of carbonyl (C=O) groups is 2. The number of hydrogen-bond donors (Lipinski definition) is 2. The van der Waals surface area contributed by atoms with Crippen LogP contribution in [0.3, 0.4) is 0 Å². The number of pyridine rings is 2. The van der Waals surface area contributed by atoms with Crippen LogP contribution in [0.1, 0.15) is 76.1 Å². The molecule has 2 fully saturated rings. The summed E-state index contributed by atoms with van der Waals surface area (Å²) in [6, 6.07) is 5.60. The zero-order valence-electron chi connectivity index (χ0n) is 21.0. The van der Waals surface area contributed by atoms with Crippen molar-refractivity contribution in [3.63, 3.8) is 0 Å². The van der Waals surface area contributed by atoms with Crippen LogP contribution in [0.15, 0.2) is 49.3 Å². The van der Waals surface area contributed by atoms with E-state index >= 15 is 0 Å². The number of nitrogens with one attached hydrogen (secondary N) is 1. The molecule has 39 heavy (non-hydrogen) atoms. The first-order chi connectivity index (χ1) is 18.9. The predicted molar refractivity (Wildman–Crippen MR) is 143 cm³/mol. The number of rotatable bonds is 9. The molecular weight excluding hydrogens is 518 g/mol. The molecule has 1 amide bonds. The molecule has 5 aromatic rings. The lowest BCUT2D eigenvalue weighted by atomic mass is 10.1. The summed E-state index contributed by atoms with van der Waals surface area (Å²) in [5.74, 6) is -0.293. The first-order valence-corrected chi connectivity index (χ1v) is 13.5. The minimum absolute atomic E-state index is 0.0727. The molecule has 0 unspecified atom stereocenters. The molecule has 2 aliphatic carbocycles. The lowest BCUT2D eigenvalue weighted by molar-refractivity contribution is -0.136. The minimum atomic E-state index is -0.877. The average Bonchev–Trinajstić information content (AvgIpc) is 3.82. The second-order valence-corrected chi connectivity index (χ2v) is 11.0. The van der Waals surface area contributed by atoms with Crippen molar-refractivity contribution in [3.05, 3.63) is 88.1 Å². The van der Waals surface area contributed by atoms with E-state index in [1.165, 1.54) is 0 Å². The average molecular weight is 544 g/mol. The van der Waals surface area contributed by atoms with Gasteiger partial charge in [0, 0.05) is 41.3 Å². The fourth-order valence-electron chi connectivity index (χ4n) is 5.18. The zero-order valence-corrected chi connectivity index (χ0v) is 21.8. The number of carboxylic acids is 1. The maximum absolute atomic E-state index is 13.3. The van der Waals surface area contributed by atoms with E-state index in [4.69, 9.17) is 21.7 Å². The Morgan fingerprint density at radius 3 is 2.67 bits per heavy atom. The number of fused-ring (bicyclic) bond motifs is 2. The van der Waals surface area contributed by atoms with Crippen LogP contribution in [0, 0.1) is 0 Å². The van der Waals surface area contributed by atoms with Gasteiger partial charge in [-0.05, 0) is 55.4 Å². The summed E-state index contributed by atoms with van der Waals surface area (Å²) in [7, 11) is 0. The zero-order chi connectivity index (χ0) is 26.7. The molecule has 7 rings (SSSR count). The number of amides is 1. The Morgan fingerprint density at radius 1 is 1.08 bits per heavy atom. The van der Waals surface area contributed by atoms with Gasteiger partial charge in [-0.2, -0.15) is 5.10 Å². The SMILES string of the molecule is O=C(O)Cc1cc(C2CC2)cn2cc(Cn3cc(C(=O)NCc4ncn5ccc(Cl)cc45)c(C4CC4)n3)nc12. The van der Waals surface area contributed by atoms with E-state index < -0.39 is 5.97 Å². The van der Waals surface area contributed by atoms with Gasteiger partial charge in [0.1, 0.15) is 5.65 Å². The van der Waals surface area contributed by atoms with Gasteiger partial charge in [-0.15, -0.1) is 0 Å². The van der Waals surface area contributed by atoms with Crippen molar-refractivity contribution in [2.75, 3.05) is 0 Å². The van der Waals surface area contributed by atoms with E-state index in [9.17, 15) is 14.7 Å². The summed E-state index contributed by atoms with van der Waals surface area (Å²) in [5.41, 5.74) is 6.22. The molecule has 0 radical (unpaired) electrons. The smallest absolute Gasteiger partial charge is 0.307 e. The van der Waals surface area contributed by atoms with Gasteiger partial charge in [0.15, 0.2) is 0 Å². The van der Waals surface area contributed by atoms with Crippen LogP contribution < -0.4 is 5.32 Å². The third-order valence-corrected chi connectivity index (χ3v) is 7.64. The minimum Gasteiger partial charge on any atom is -0.481 e. The van der Waals surface area contributed by atoms with Gasteiger partial charge in [0.2, 0.25) is 0 Å². The van der Waals surface area contributed by atoms with Gasteiger partial charge < -0.3 is 19.2 Å². The van der Waals surface area contributed by atoms with Gasteiger partial charge in [-0.3, -0.25) is 14.3 Å². The molecule has 11 heteroatoms. The number of halogens is 1. The van der Waals surface area contributed by atoms with Crippen LogP contribution in [-0.4, -0.2) is 45.5 Å². The van der Waals surface area contributed by atoms with E-state index in [0.717, 1.165) is 53.8 Å². The molecule has 2 saturated carbocycles. The van der Waals surface area contributed by atoms with Crippen molar-refractivity contribution in [3.8, 4) is 0 Å². The highest BCUT2D eigenvalue weighted by Crippen LogP contribution is 2.41. The van der Waals surface area contributed by atoms with Crippen LogP contribution >= 0.6 is 11.6 Å². The summed E-state index contributed by atoms with van der Waals surface area (Å²) in [5, 5.41) is 17.8. The lowest BCUT2D eigenvalue weighted by Gasteiger charge is -2.05. The van der Waals surface area contributed by atoms with Crippen LogP contribution in [-0.2, 0) is 24.3 Å². The van der Waals surface area contributed by atoms with Crippen LogP contribution in [0.25, 0.3) is 11.2 Å². The maximum atomic E-state index is 13.3. The van der Waals surface area contributed by atoms with E-state index in [0.29, 0.717) is 34.3 Å². The summed E-state index contributed by atoms with van der Waals surface area (Å²) < 4.78 is 5.56. The Balaban J connectivity index is 1.13. The Labute approximate surface area is 228 Å². The van der Waals surface area contributed by atoms with Crippen LogP contribution in [0.2, 0.25) is 5.02 Å². The molecule has 0 atom stereocenters. The van der Waals surface area contributed by atoms with Gasteiger partial charge in [0.05, 0.1) is 54.0 Å². The molecule has 0 saturated heterocycles. The van der Waals surface area contributed by atoms with Gasteiger partial charge >= 0.3 is 5.97 Å². The van der Waals surface area contributed by atoms with Crippen molar-refractivity contribution in [2.24, 2.45) is 0 Å². The molecule has 0 aromatic carbocycles. The van der Waals surface area contributed by atoms with E-state index in [1.54, 1.807) is 23.3 Å². The molecule has 0 aliphatic heterocycles. The van der Waals surface area contributed by atoms with Crippen molar-refractivity contribution < 1.29 is 14.7 Å². The normalized spacial score (nSPS) is 15.3. The fraction of sp³-hybridized carbons (Fsp3) is 0.321. The highest BCUT2D eigenvalue weighted by molar-refractivity contribution is 6.30. The van der Waals surface area contributed by atoms with Crippen molar-refractivity contribution >= 4 is 34.6 Å².